The molecule has 0 saturated carbocycles. The van der Waals surface area contributed by atoms with Gasteiger partial charge in [0.1, 0.15) is 6.61 Å². The molecular formula is C26H29NO3. The van der Waals surface area contributed by atoms with Crippen LogP contribution in [0.4, 0.5) is 0 Å². The van der Waals surface area contributed by atoms with Gasteiger partial charge in [-0.05, 0) is 48.6 Å². The van der Waals surface area contributed by atoms with Crippen LogP contribution in [0.15, 0.2) is 78.9 Å². The molecule has 0 aliphatic heterocycles. The molecule has 156 valence electrons. The molecule has 0 aromatic heterocycles. The zero-order chi connectivity index (χ0) is 21.2. The van der Waals surface area contributed by atoms with E-state index in [1.165, 1.54) is 5.56 Å². The number of methoxy groups -OCH3 is 1. The lowest BCUT2D eigenvalue weighted by atomic mass is 10.1. The molecule has 0 saturated heterocycles. The summed E-state index contributed by atoms with van der Waals surface area (Å²) in [6, 6.07) is 26.1. The van der Waals surface area contributed by atoms with Crippen molar-refractivity contribution in [3.8, 4) is 11.5 Å². The maximum absolute atomic E-state index is 12.4. The summed E-state index contributed by atoms with van der Waals surface area (Å²) < 4.78 is 11.4. The van der Waals surface area contributed by atoms with Crippen LogP contribution >= 0.6 is 0 Å². The van der Waals surface area contributed by atoms with Crippen molar-refractivity contribution in [2.75, 3.05) is 7.11 Å². The summed E-state index contributed by atoms with van der Waals surface area (Å²) in [6.07, 6.45) is 2.17. The minimum Gasteiger partial charge on any atom is -0.493 e. The van der Waals surface area contributed by atoms with Crippen molar-refractivity contribution in [3.05, 3.63) is 95.6 Å². The van der Waals surface area contributed by atoms with Crippen molar-refractivity contribution in [1.29, 1.82) is 0 Å². The Morgan fingerprint density at radius 2 is 1.53 bits per heavy atom. The highest BCUT2D eigenvalue weighted by atomic mass is 16.5. The molecule has 0 fully saturated rings. The van der Waals surface area contributed by atoms with Crippen LogP contribution in [-0.2, 0) is 24.2 Å². The fraction of sp³-hybridized carbons (Fsp3) is 0.269. The molecule has 1 unspecified atom stereocenters. The van der Waals surface area contributed by atoms with Gasteiger partial charge in [0.2, 0.25) is 5.91 Å². The number of carbonyl (C=O) groups excluding carboxylic acids is 1. The second kappa shape index (κ2) is 11.1. The largest absolute Gasteiger partial charge is 0.493 e. The maximum Gasteiger partial charge on any atom is 0.224 e. The summed E-state index contributed by atoms with van der Waals surface area (Å²) in [5, 5.41) is 3.09. The first-order chi connectivity index (χ1) is 14.6. The van der Waals surface area contributed by atoms with Gasteiger partial charge in [-0.3, -0.25) is 4.79 Å². The molecule has 0 aliphatic carbocycles. The van der Waals surface area contributed by atoms with Crippen LogP contribution in [0.25, 0.3) is 0 Å². The number of aryl methyl sites for hydroxylation is 1. The summed E-state index contributed by atoms with van der Waals surface area (Å²) in [4.78, 5) is 12.4. The van der Waals surface area contributed by atoms with Crippen LogP contribution in [-0.4, -0.2) is 19.1 Å². The van der Waals surface area contributed by atoms with Gasteiger partial charge in [-0.25, -0.2) is 0 Å². The SMILES string of the molecule is COc1cc(CC(=O)NC(C)CCc2ccccc2)ccc1OCc1ccccc1. The molecule has 30 heavy (non-hydrogen) atoms. The quantitative estimate of drug-likeness (QED) is 0.521. The topological polar surface area (TPSA) is 47.6 Å². The van der Waals surface area contributed by atoms with E-state index in [4.69, 9.17) is 9.47 Å². The number of ether oxygens (including phenoxy) is 2. The lowest BCUT2D eigenvalue weighted by Crippen LogP contribution is -2.34. The Bertz CT molecular complexity index is 926. The molecule has 0 bridgehead atoms. The van der Waals surface area contributed by atoms with E-state index in [2.05, 4.69) is 17.4 Å². The van der Waals surface area contributed by atoms with Gasteiger partial charge in [0.15, 0.2) is 11.5 Å². The predicted octanol–water partition coefficient (Wildman–Crippen LogP) is 4.95. The summed E-state index contributed by atoms with van der Waals surface area (Å²) in [6.45, 7) is 2.51. The van der Waals surface area contributed by atoms with Crippen LogP contribution in [0, 0.1) is 0 Å². The average molecular weight is 404 g/mol. The average Bonchev–Trinajstić information content (AvgIpc) is 2.78. The van der Waals surface area contributed by atoms with Crippen LogP contribution in [0.1, 0.15) is 30.0 Å². The fourth-order valence-electron chi connectivity index (χ4n) is 3.29. The van der Waals surface area contributed by atoms with Crippen molar-refractivity contribution >= 4 is 5.91 Å². The first kappa shape index (κ1) is 21.4. The highest BCUT2D eigenvalue weighted by Gasteiger charge is 2.11. The van der Waals surface area contributed by atoms with Gasteiger partial charge in [-0.2, -0.15) is 0 Å². The van der Waals surface area contributed by atoms with Crippen LogP contribution in [0.2, 0.25) is 0 Å². The van der Waals surface area contributed by atoms with E-state index in [0.29, 0.717) is 24.5 Å². The molecule has 0 spiro atoms. The summed E-state index contributed by atoms with van der Waals surface area (Å²) in [7, 11) is 1.61. The molecule has 4 nitrogen and oxygen atoms in total. The molecule has 0 radical (unpaired) electrons. The number of benzene rings is 3. The van der Waals surface area contributed by atoms with E-state index in [1.54, 1.807) is 7.11 Å². The number of hydrogen-bond donors (Lipinski definition) is 1. The lowest BCUT2D eigenvalue weighted by Gasteiger charge is -2.15. The van der Waals surface area contributed by atoms with Gasteiger partial charge < -0.3 is 14.8 Å². The monoisotopic (exact) mass is 403 g/mol. The zero-order valence-corrected chi connectivity index (χ0v) is 17.6. The highest BCUT2D eigenvalue weighted by molar-refractivity contribution is 5.79. The van der Waals surface area contributed by atoms with Crippen molar-refractivity contribution in [2.45, 2.75) is 38.8 Å². The standard InChI is InChI=1S/C26H29NO3/c1-20(13-14-21-9-5-3-6-10-21)27-26(28)18-23-15-16-24(25(17-23)29-2)30-19-22-11-7-4-8-12-22/h3-12,15-17,20H,13-14,18-19H2,1-2H3,(H,27,28). The Balaban J connectivity index is 1.50. The first-order valence-corrected chi connectivity index (χ1v) is 10.3. The minimum absolute atomic E-state index is 0.00979. The molecule has 4 heteroatoms. The smallest absolute Gasteiger partial charge is 0.224 e. The van der Waals surface area contributed by atoms with Crippen LogP contribution < -0.4 is 14.8 Å². The van der Waals surface area contributed by atoms with E-state index >= 15 is 0 Å². The fourth-order valence-corrected chi connectivity index (χ4v) is 3.29. The molecule has 3 rings (SSSR count). The number of rotatable bonds is 10. The summed E-state index contributed by atoms with van der Waals surface area (Å²) in [5.41, 5.74) is 3.27. The molecular weight excluding hydrogens is 374 g/mol. The van der Waals surface area contributed by atoms with Gasteiger partial charge >= 0.3 is 0 Å². The molecule has 1 N–H and O–H groups in total. The number of hydrogen-bond acceptors (Lipinski definition) is 3. The van der Waals surface area contributed by atoms with Crippen molar-refractivity contribution in [3.63, 3.8) is 0 Å². The Morgan fingerprint density at radius 3 is 2.20 bits per heavy atom. The van der Waals surface area contributed by atoms with Crippen molar-refractivity contribution < 1.29 is 14.3 Å². The molecule has 1 atom stereocenters. The second-order valence-corrected chi connectivity index (χ2v) is 7.43. The van der Waals surface area contributed by atoms with E-state index in [0.717, 1.165) is 24.0 Å². The molecule has 0 aliphatic rings. The van der Waals surface area contributed by atoms with Crippen LogP contribution in [0.3, 0.4) is 0 Å². The summed E-state index contributed by atoms with van der Waals surface area (Å²) >= 11 is 0. The Morgan fingerprint density at radius 1 is 0.867 bits per heavy atom. The third-order valence-corrected chi connectivity index (χ3v) is 4.95. The summed E-state index contributed by atoms with van der Waals surface area (Å²) in [5.74, 6) is 1.31. The number of amides is 1. The van der Waals surface area contributed by atoms with E-state index in [9.17, 15) is 4.79 Å². The molecule has 0 heterocycles. The van der Waals surface area contributed by atoms with E-state index < -0.39 is 0 Å². The maximum atomic E-state index is 12.4. The van der Waals surface area contributed by atoms with Crippen molar-refractivity contribution in [2.24, 2.45) is 0 Å². The molecule has 1 amide bonds. The molecule has 3 aromatic rings. The van der Waals surface area contributed by atoms with Gasteiger partial charge in [0.25, 0.3) is 0 Å². The number of carbonyl (C=O) groups is 1. The first-order valence-electron chi connectivity index (χ1n) is 10.3. The van der Waals surface area contributed by atoms with E-state index in [-0.39, 0.29) is 11.9 Å². The Labute approximate surface area is 178 Å². The normalized spacial score (nSPS) is 11.5. The third kappa shape index (κ3) is 6.66. The van der Waals surface area contributed by atoms with Gasteiger partial charge in [0, 0.05) is 6.04 Å². The Hall–Kier alpha value is -3.27. The third-order valence-electron chi connectivity index (χ3n) is 4.95. The van der Waals surface area contributed by atoms with Crippen LogP contribution in [0.5, 0.6) is 11.5 Å². The molecule has 3 aromatic carbocycles. The second-order valence-electron chi connectivity index (χ2n) is 7.43. The van der Waals surface area contributed by atoms with Gasteiger partial charge in [-0.1, -0.05) is 66.7 Å². The minimum atomic E-state index is 0.00979. The highest BCUT2D eigenvalue weighted by Crippen LogP contribution is 2.29. The van der Waals surface area contributed by atoms with Gasteiger partial charge in [-0.15, -0.1) is 0 Å². The van der Waals surface area contributed by atoms with Gasteiger partial charge in [0.05, 0.1) is 13.5 Å². The van der Waals surface area contributed by atoms with E-state index in [1.807, 2.05) is 73.7 Å². The Kier molecular flexibility index (Phi) is 7.90. The number of nitrogens with one attached hydrogen (secondary N) is 1. The zero-order valence-electron chi connectivity index (χ0n) is 17.6. The predicted molar refractivity (Wildman–Crippen MR) is 120 cm³/mol. The lowest BCUT2D eigenvalue weighted by molar-refractivity contribution is -0.121. The van der Waals surface area contributed by atoms with Crippen molar-refractivity contribution in [1.82, 2.24) is 5.32 Å².